The molecule has 94 valence electrons. The van der Waals surface area contributed by atoms with Crippen LogP contribution < -0.4 is 10.1 Å². The molecule has 2 rings (SSSR count). The van der Waals surface area contributed by atoms with E-state index in [-0.39, 0.29) is 5.60 Å². The highest BCUT2D eigenvalue weighted by Gasteiger charge is 2.22. The summed E-state index contributed by atoms with van der Waals surface area (Å²) in [6, 6.07) is 2.76. The third kappa shape index (κ3) is 3.70. The molecule has 0 spiro atoms. The standard InChI is InChI=1S/C14H22N2O/c1-4-14(2,3)17-13-10-15-8-7-11(13)9-16-12-5-6-12/h7-8,10,12,16H,4-6,9H2,1-3H3. The fraction of sp³-hybridized carbons (Fsp3) is 0.643. The second kappa shape index (κ2) is 5.05. The van der Waals surface area contributed by atoms with Crippen molar-refractivity contribution in [1.29, 1.82) is 0 Å². The number of nitrogens with one attached hydrogen (secondary N) is 1. The maximum atomic E-state index is 6.03. The van der Waals surface area contributed by atoms with Gasteiger partial charge in [-0.1, -0.05) is 6.92 Å². The van der Waals surface area contributed by atoms with E-state index in [1.165, 1.54) is 18.4 Å². The molecule has 17 heavy (non-hydrogen) atoms. The first-order chi connectivity index (χ1) is 8.11. The van der Waals surface area contributed by atoms with Crippen molar-refractivity contribution in [3.8, 4) is 5.75 Å². The van der Waals surface area contributed by atoms with Gasteiger partial charge in [-0.2, -0.15) is 0 Å². The predicted octanol–water partition coefficient (Wildman–Crippen LogP) is 2.90. The summed E-state index contributed by atoms with van der Waals surface area (Å²) in [4.78, 5) is 4.15. The van der Waals surface area contributed by atoms with Crippen LogP contribution in [0.2, 0.25) is 0 Å². The van der Waals surface area contributed by atoms with Gasteiger partial charge in [0.2, 0.25) is 0 Å². The molecule has 1 aliphatic carbocycles. The molecule has 1 aromatic heterocycles. The van der Waals surface area contributed by atoms with Crippen LogP contribution in [-0.4, -0.2) is 16.6 Å². The fourth-order valence-corrected chi connectivity index (χ4v) is 1.56. The zero-order valence-corrected chi connectivity index (χ0v) is 11.0. The van der Waals surface area contributed by atoms with Crippen LogP contribution in [0, 0.1) is 0 Å². The van der Waals surface area contributed by atoms with Crippen molar-refractivity contribution in [2.24, 2.45) is 0 Å². The minimum absolute atomic E-state index is 0.128. The molecule has 3 nitrogen and oxygen atoms in total. The molecule has 0 unspecified atom stereocenters. The first kappa shape index (κ1) is 12.4. The highest BCUT2D eigenvalue weighted by atomic mass is 16.5. The van der Waals surface area contributed by atoms with Crippen molar-refractivity contribution in [3.63, 3.8) is 0 Å². The predicted molar refractivity (Wildman–Crippen MR) is 69.1 cm³/mol. The van der Waals surface area contributed by atoms with Crippen molar-refractivity contribution in [1.82, 2.24) is 10.3 Å². The Hall–Kier alpha value is -1.09. The van der Waals surface area contributed by atoms with Gasteiger partial charge in [0.05, 0.1) is 6.20 Å². The quantitative estimate of drug-likeness (QED) is 0.821. The van der Waals surface area contributed by atoms with Crippen LogP contribution in [0.1, 0.15) is 45.6 Å². The maximum absolute atomic E-state index is 6.03. The number of ether oxygens (including phenoxy) is 1. The average molecular weight is 234 g/mol. The Morgan fingerprint density at radius 1 is 1.47 bits per heavy atom. The monoisotopic (exact) mass is 234 g/mol. The molecule has 1 fully saturated rings. The van der Waals surface area contributed by atoms with Gasteiger partial charge in [-0.3, -0.25) is 4.98 Å². The van der Waals surface area contributed by atoms with Gasteiger partial charge in [-0.25, -0.2) is 0 Å². The molecule has 1 heterocycles. The Morgan fingerprint density at radius 2 is 2.24 bits per heavy atom. The molecule has 0 bridgehead atoms. The SMILES string of the molecule is CCC(C)(C)Oc1cnccc1CNC1CC1. The fourth-order valence-electron chi connectivity index (χ4n) is 1.56. The smallest absolute Gasteiger partial charge is 0.142 e. The van der Waals surface area contributed by atoms with E-state index in [0.29, 0.717) is 0 Å². The molecular weight excluding hydrogens is 212 g/mol. The van der Waals surface area contributed by atoms with E-state index in [4.69, 9.17) is 4.74 Å². The van der Waals surface area contributed by atoms with Crippen LogP contribution >= 0.6 is 0 Å². The zero-order valence-electron chi connectivity index (χ0n) is 11.0. The molecule has 0 radical (unpaired) electrons. The Balaban J connectivity index is 2.03. The van der Waals surface area contributed by atoms with Crippen molar-refractivity contribution in [2.45, 2.75) is 58.2 Å². The number of hydrogen-bond acceptors (Lipinski definition) is 3. The van der Waals surface area contributed by atoms with Gasteiger partial charge in [-0.05, 0) is 39.2 Å². The minimum Gasteiger partial charge on any atom is -0.486 e. The molecule has 0 aliphatic heterocycles. The van der Waals surface area contributed by atoms with Gasteiger partial charge < -0.3 is 10.1 Å². The highest BCUT2D eigenvalue weighted by Crippen LogP contribution is 2.25. The molecule has 0 aromatic carbocycles. The zero-order chi connectivity index (χ0) is 12.3. The molecule has 1 saturated carbocycles. The summed E-state index contributed by atoms with van der Waals surface area (Å²) in [5, 5.41) is 3.51. The second-order valence-electron chi connectivity index (χ2n) is 5.35. The molecule has 0 saturated heterocycles. The van der Waals surface area contributed by atoms with Crippen LogP contribution in [0.4, 0.5) is 0 Å². The van der Waals surface area contributed by atoms with Gasteiger partial charge >= 0.3 is 0 Å². The normalized spacial score (nSPS) is 15.9. The average Bonchev–Trinajstić information content (AvgIpc) is 3.11. The Bertz CT molecular complexity index is 372. The Kier molecular flexibility index (Phi) is 3.67. The summed E-state index contributed by atoms with van der Waals surface area (Å²) in [5.74, 6) is 0.910. The molecular formula is C14H22N2O. The lowest BCUT2D eigenvalue weighted by atomic mass is 10.1. The van der Waals surface area contributed by atoms with E-state index in [0.717, 1.165) is 24.8 Å². The number of rotatable bonds is 6. The van der Waals surface area contributed by atoms with E-state index in [1.807, 2.05) is 18.5 Å². The van der Waals surface area contributed by atoms with Crippen LogP contribution in [0.5, 0.6) is 5.75 Å². The largest absolute Gasteiger partial charge is 0.486 e. The summed E-state index contributed by atoms with van der Waals surface area (Å²) in [6.07, 6.45) is 7.25. The van der Waals surface area contributed by atoms with Crippen LogP contribution in [0.3, 0.4) is 0 Å². The highest BCUT2D eigenvalue weighted by molar-refractivity contribution is 5.30. The molecule has 1 aromatic rings. The summed E-state index contributed by atoms with van der Waals surface area (Å²) < 4.78 is 6.03. The van der Waals surface area contributed by atoms with E-state index in [1.54, 1.807) is 0 Å². The lowest BCUT2D eigenvalue weighted by Crippen LogP contribution is -2.28. The Morgan fingerprint density at radius 3 is 2.88 bits per heavy atom. The van der Waals surface area contributed by atoms with Gasteiger partial charge in [-0.15, -0.1) is 0 Å². The topological polar surface area (TPSA) is 34.1 Å². The van der Waals surface area contributed by atoms with Crippen molar-refractivity contribution in [2.75, 3.05) is 0 Å². The number of hydrogen-bond donors (Lipinski definition) is 1. The third-order valence-electron chi connectivity index (χ3n) is 3.27. The van der Waals surface area contributed by atoms with E-state index in [2.05, 4.69) is 31.1 Å². The lowest BCUT2D eigenvalue weighted by molar-refractivity contribution is 0.103. The van der Waals surface area contributed by atoms with E-state index >= 15 is 0 Å². The van der Waals surface area contributed by atoms with Gasteiger partial charge in [0, 0.05) is 24.3 Å². The van der Waals surface area contributed by atoms with Gasteiger partial charge in [0.25, 0.3) is 0 Å². The molecule has 1 aliphatic rings. The summed E-state index contributed by atoms with van der Waals surface area (Å²) in [6.45, 7) is 7.23. The molecule has 0 atom stereocenters. The van der Waals surface area contributed by atoms with E-state index < -0.39 is 0 Å². The van der Waals surface area contributed by atoms with Crippen molar-refractivity contribution in [3.05, 3.63) is 24.0 Å². The lowest BCUT2D eigenvalue weighted by Gasteiger charge is -2.26. The van der Waals surface area contributed by atoms with Crippen LogP contribution in [-0.2, 0) is 6.54 Å². The first-order valence-corrected chi connectivity index (χ1v) is 6.46. The number of nitrogens with zero attached hydrogens (tertiary/aromatic N) is 1. The van der Waals surface area contributed by atoms with Crippen molar-refractivity contribution >= 4 is 0 Å². The van der Waals surface area contributed by atoms with Gasteiger partial charge in [0.15, 0.2) is 0 Å². The Labute approximate surface area is 104 Å². The number of pyridine rings is 1. The summed E-state index contributed by atoms with van der Waals surface area (Å²) >= 11 is 0. The molecule has 1 N–H and O–H groups in total. The van der Waals surface area contributed by atoms with Crippen molar-refractivity contribution < 1.29 is 4.74 Å². The van der Waals surface area contributed by atoms with Gasteiger partial charge in [0.1, 0.15) is 11.4 Å². The summed E-state index contributed by atoms with van der Waals surface area (Å²) in [5.41, 5.74) is 1.07. The molecule has 3 heteroatoms. The first-order valence-electron chi connectivity index (χ1n) is 6.46. The second-order valence-corrected chi connectivity index (χ2v) is 5.35. The third-order valence-corrected chi connectivity index (χ3v) is 3.27. The van der Waals surface area contributed by atoms with E-state index in [9.17, 15) is 0 Å². The minimum atomic E-state index is -0.128. The summed E-state index contributed by atoms with van der Waals surface area (Å²) in [7, 11) is 0. The van der Waals surface area contributed by atoms with Crippen LogP contribution in [0.15, 0.2) is 18.5 Å². The van der Waals surface area contributed by atoms with Crippen LogP contribution in [0.25, 0.3) is 0 Å². The number of aromatic nitrogens is 1. The maximum Gasteiger partial charge on any atom is 0.142 e. The molecule has 0 amide bonds.